The molecule has 22 nitrogen and oxygen atoms in total. The van der Waals surface area contributed by atoms with E-state index in [1.165, 1.54) is 57.3 Å². The lowest BCUT2D eigenvalue weighted by Gasteiger charge is -2.50. The van der Waals surface area contributed by atoms with Crippen molar-refractivity contribution in [3.63, 3.8) is 0 Å². The SMILES string of the molecule is Cc1ccc(F)c(C#N)c1-c1c(F)cc2c3c(c(=O)n(-c4c(C)ccnc4C(C)C)c2c1F)N(C)C(=O)[C@H]1CN(C(=O)OC(C)(C)C)[C@H](C)CN31.Cc1ccnc(C(C)C)c1-n1c(=O)c2c(c3cc(F)c(-c4c(C)ccc5[nH]nc(N)c45)c(F)c31)N1C[C@@H](C)N(C(=O)OC(C)(C)C)C[C@@H]1C(=O)N2C. The van der Waals surface area contributed by atoms with Gasteiger partial charge < -0.3 is 44.6 Å². The number of carbonyl (C=O) groups is 4. The van der Waals surface area contributed by atoms with Gasteiger partial charge in [0.05, 0.1) is 85.9 Å². The van der Waals surface area contributed by atoms with Gasteiger partial charge in [-0.15, -0.1) is 0 Å². The van der Waals surface area contributed by atoms with E-state index in [2.05, 4.69) is 20.2 Å². The van der Waals surface area contributed by atoms with E-state index in [1.807, 2.05) is 27.7 Å². The van der Waals surface area contributed by atoms with E-state index in [4.69, 9.17) is 15.2 Å². The zero-order valence-corrected chi connectivity index (χ0v) is 60.7. The third-order valence-corrected chi connectivity index (χ3v) is 19.6. The predicted molar refractivity (Wildman–Crippen MR) is 385 cm³/mol. The number of benzene rings is 4. The summed E-state index contributed by atoms with van der Waals surface area (Å²) in [6, 6.07) is 10.3. The number of aryl methyl sites for hydroxylation is 4. The van der Waals surface area contributed by atoms with Crippen molar-refractivity contribution < 1.29 is 50.6 Å². The Labute approximate surface area is 591 Å². The summed E-state index contributed by atoms with van der Waals surface area (Å²) in [4.78, 5) is 103. The molecule has 0 aliphatic carbocycles. The number of nitriles is 1. The van der Waals surface area contributed by atoms with Crippen molar-refractivity contribution in [3.05, 3.63) is 150 Å². The molecule has 5 aromatic heterocycles. The van der Waals surface area contributed by atoms with Crippen LogP contribution in [0.4, 0.5) is 60.1 Å². The highest BCUT2D eigenvalue weighted by Gasteiger charge is 2.50. The van der Waals surface area contributed by atoms with Crippen LogP contribution >= 0.6 is 0 Å². The van der Waals surface area contributed by atoms with Crippen LogP contribution in [0.5, 0.6) is 0 Å². The first kappa shape index (κ1) is 71.9. The Morgan fingerprint density at radius 1 is 0.573 bits per heavy atom. The lowest BCUT2D eigenvalue weighted by Crippen LogP contribution is -2.66. The summed E-state index contributed by atoms with van der Waals surface area (Å²) in [7, 11) is 2.89. The molecule has 27 heteroatoms. The molecule has 4 aliphatic rings. The number of nitrogens with zero attached hydrogens (tertiary/aromatic N) is 12. The molecule has 0 saturated carbocycles. The van der Waals surface area contributed by atoms with Gasteiger partial charge >= 0.3 is 12.2 Å². The number of aromatic amines is 1. The Bertz CT molecular complexity index is 5300. The Morgan fingerprint density at radius 2 is 0.981 bits per heavy atom. The van der Waals surface area contributed by atoms with Gasteiger partial charge in [0.15, 0.2) is 17.5 Å². The highest BCUT2D eigenvalue weighted by Crippen LogP contribution is 2.49. The molecule has 538 valence electrons. The molecule has 0 unspecified atom stereocenters. The van der Waals surface area contributed by atoms with Gasteiger partial charge in [0.2, 0.25) is 0 Å². The average Bonchev–Trinajstić information content (AvgIpc) is 0.876. The zero-order chi connectivity index (χ0) is 75.1. The molecule has 0 bridgehead atoms. The van der Waals surface area contributed by atoms with E-state index in [0.717, 1.165) is 16.7 Å². The van der Waals surface area contributed by atoms with E-state index < -0.39 is 111 Å². The van der Waals surface area contributed by atoms with Crippen LogP contribution in [-0.2, 0) is 19.1 Å². The van der Waals surface area contributed by atoms with Crippen molar-refractivity contribution in [2.45, 2.75) is 158 Å². The summed E-state index contributed by atoms with van der Waals surface area (Å²) in [5.74, 6) is -6.43. The lowest BCUT2D eigenvalue weighted by atomic mass is 9.91. The van der Waals surface area contributed by atoms with Crippen LogP contribution in [0.25, 0.3) is 66.3 Å². The van der Waals surface area contributed by atoms with Gasteiger partial charge in [-0.1, -0.05) is 39.8 Å². The Balaban J connectivity index is 0.000000194. The van der Waals surface area contributed by atoms with Gasteiger partial charge in [-0.25, -0.2) is 31.5 Å². The number of pyridine rings is 4. The van der Waals surface area contributed by atoms with Crippen LogP contribution in [0, 0.1) is 68.1 Å². The van der Waals surface area contributed by atoms with Crippen LogP contribution in [0.3, 0.4) is 0 Å². The number of anilines is 5. The monoisotopic (exact) mass is 1410 g/mol. The molecule has 0 radical (unpaired) electrons. The van der Waals surface area contributed by atoms with Crippen LogP contribution in [0.15, 0.2) is 70.5 Å². The number of piperazine rings is 2. The highest BCUT2D eigenvalue weighted by atomic mass is 19.1. The maximum Gasteiger partial charge on any atom is 0.410 e. The number of hydrogen-bond acceptors (Lipinski definition) is 15. The standard InChI is InChI=1S/C38H39F3N6O4.C38H42F2N8O4/c1-18(2)30-31(20(4)12-13-43-30)47-32-22(14-25(40)28(29(32)41)27-19(3)10-11-24(39)23(27)15-42)33-34(36(47)49)44(9)35(48)26-17-45(21(5)16-46(26)33)37(50)51-38(6,7)8;1-17(2)29-30(19(4)12-13-42-29)48-31-21(14-22(39)26(28(31)40)25-18(3)10-11-23-27(25)34(41)44-43-23)32-33(36(48)50)45(9)35(49)24-16-46(20(5)15-47(24)32)37(51)52-38(6,7)8/h10-14,18,21,26H,16-17H2,1-9H3;10-14,17,20,24H,15-16H2,1-9H3,(H3,41,43,44)/t21-,26-;20-,24-/m11/s1. The number of rotatable bonds is 6. The summed E-state index contributed by atoms with van der Waals surface area (Å²) >= 11 is 0. The maximum atomic E-state index is 17.9. The number of fused-ring (bicyclic) bond motifs is 11. The molecular weight excluding hydrogens is 1330 g/mol. The quantitative estimate of drug-likeness (QED) is 0.147. The van der Waals surface area contributed by atoms with Crippen molar-refractivity contribution in [1.29, 1.82) is 5.26 Å². The van der Waals surface area contributed by atoms with Gasteiger partial charge in [0.25, 0.3) is 22.9 Å². The third kappa shape index (κ3) is 11.7. The van der Waals surface area contributed by atoms with Gasteiger partial charge in [0, 0.05) is 73.6 Å². The van der Waals surface area contributed by atoms with E-state index in [1.54, 1.807) is 129 Å². The van der Waals surface area contributed by atoms with Crippen molar-refractivity contribution in [2.75, 3.05) is 65.6 Å². The number of likely N-dealkylation sites (N-methyl/N-ethyl adjacent to an activating group) is 2. The van der Waals surface area contributed by atoms with Gasteiger partial charge in [0.1, 0.15) is 58.2 Å². The number of nitrogens with one attached hydrogen (secondary N) is 1. The Morgan fingerprint density at radius 3 is 1.39 bits per heavy atom. The molecule has 103 heavy (non-hydrogen) atoms. The first-order chi connectivity index (χ1) is 48.3. The first-order valence-electron chi connectivity index (χ1n) is 34.0. The van der Waals surface area contributed by atoms with Gasteiger partial charge in [-0.05, 0) is 154 Å². The van der Waals surface area contributed by atoms with E-state index in [9.17, 15) is 33.6 Å². The number of halogens is 5. The summed E-state index contributed by atoms with van der Waals surface area (Å²) in [5.41, 5.74) is 5.29. The number of nitrogen functional groups attached to an aromatic ring is 1. The molecule has 0 spiro atoms. The third-order valence-electron chi connectivity index (χ3n) is 19.6. The molecule has 13 rings (SSSR count). The largest absolute Gasteiger partial charge is 0.444 e. The van der Waals surface area contributed by atoms with Crippen molar-refractivity contribution >= 4 is 85.3 Å². The Hall–Kier alpha value is -10.9. The number of amides is 4. The summed E-state index contributed by atoms with van der Waals surface area (Å²) in [6.07, 6.45) is 1.99. The highest BCUT2D eigenvalue weighted by molar-refractivity contribution is 6.15. The minimum absolute atomic E-state index is 0.0314. The molecular formula is C76H81F5N14O8. The molecule has 2 saturated heterocycles. The normalized spacial score (nSPS) is 17.6. The summed E-state index contributed by atoms with van der Waals surface area (Å²) in [5, 5.41) is 17.2. The number of nitrogens with two attached hydrogens (primary N) is 1. The number of hydrogen-bond donors (Lipinski definition) is 2. The van der Waals surface area contributed by atoms with Crippen molar-refractivity contribution in [1.82, 2.24) is 39.1 Å². The second kappa shape index (κ2) is 25.9. The van der Waals surface area contributed by atoms with Gasteiger partial charge in [-0.3, -0.25) is 43.4 Å². The van der Waals surface area contributed by atoms with Crippen LogP contribution in [-0.4, -0.2) is 139 Å². The van der Waals surface area contributed by atoms with Crippen molar-refractivity contribution in [3.8, 4) is 39.7 Å². The lowest BCUT2D eigenvalue weighted by molar-refractivity contribution is -0.121. The van der Waals surface area contributed by atoms with Crippen LogP contribution in [0.1, 0.15) is 134 Å². The minimum atomic E-state index is -1.19. The number of aromatic nitrogens is 6. The molecule has 4 atom stereocenters. The minimum Gasteiger partial charge on any atom is -0.444 e. The Kier molecular flexibility index (Phi) is 18.0. The molecule has 3 N–H and O–H groups in total. The fourth-order valence-electron chi connectivity index (χ4n) is 14.9. The molecule has 2 fully saturated rings. The molecule has 9 aromatic rings. The van der Waals surface area contributed by atoms with Crippen LogP contribution < -0.4 is 36.5 Å². The number of ether oxygens (including phenoxy) is 2. The molecule has 4 aromatic carbocycles. The zero-order valence-electron chi connectivity index (χ0n) is 60.7. The summed E-state index contributed by atoms with van der Waals surface area (Å²) in [6.45, 7) is 28.3. The van der Waals surface area contributed by atoms with Gasteiger partial charge in [-0.2, -0.15) is 10.4 Å². The number of H-pyrrole nitrogens is 1. The molecule has 4 amide bonds. The second-order valence-electron chi connectivity index (χ2n) is 29.7. The van der Waals surface area contributed by atoms with Crippen molar-refractivity contribution in [2.24, 2.45) is 0 Å². The predicted octanol–water partition coefficient (Wildman–Crippen LogP) is 13.2. The topological polar surface area (TPSA) is 254 Å². The fourth-order valence-corrected chi connectivity index (χ4v) is 14.9. The number of carbonyl (C=O) groups excluding carboxylic acids is 4. The fraction of sp³-hybridized carbons (Fsp3) is 0.395. The average molecular weight is 1410 g/mol. The molecule has 4 aliphatic heterocycles. The first-order valence-corrected chi connectivity index (χ1v) is 34.0. The van der Waals surface area contributed by atoms with Crippen LogP contribution in [0.2, 0.25) is 0 Å². The van der Waals surface area contributed by atoms with E-state index >= 15 is 22.4 Å². The summed E-state index contributed by atoms with van der Waals surface area (Å²) < 4.78 is 97.6. The smallest absolute Gasteiger partial charge is 0.410 e. The maximum absolute atomic E-state index is 17.9. The van der Waals surface area contributed by atoms with E-state index in [-0.39, 0.29) is 116 Å². The molecule has 9 heterocycles. The second-order valence-corrected chi connectivity index (χ2v) is 29.7. The van der Waals surface area contributed by atoms with E-state index in [0.29, 0.717) is 44.7 Å².